The van der Waals surface area contributed by atoms with Gasteiger partial charge in [0, 0.05) is 67.6 Å². The van der Waals surface area contributed by atoms with E-state index in [1.165, 1.54) is 12.1 Å². The predicted octanol–water partition coefficient (Wildman–Crippen LogP) is 2.15. The van der Waals surface area contributed by atoms with Gasteiger partial charge in [-0.3, -0.25) is 14.9 Å². The number of nitrogens with zero attached hydrogens (tertiary/aromatic N) is 5. The summed E-state index contributed by atoms with van der Waals surface area (Å²) >= 11 is 5.82. The number of carbonyl (C=O) groups is 2. The number of primary amides is 1. The smallest absolute Gasteiger partial charge is 0.407 e. The lowest BCUT2D eigenvalue weighted by Gasteiger charge is -2.35. The molecule has 4 N–H and O–H groups in total. The third-order valence-electron chi connectivity index (χ3n) is 8.13. The van der Waals surface area contributed by atoms with Crippen LogP contribution < -0.4 is 21.3 Å². The number of alkyl carbamates (subject to hydrolysis) is 1. The molecule has 2 aromatic rings. The van der Waals surface area contributed by atoms with Gasteiger partial charge >= 0.3 is 6.09 Å². The number of likely N-dealkylation sites (N-methyl/N-ethyl adjacent to an activating group) is 1. The van der Waals surface area contributed by atoms with Crippen molar-refractivity contribution >= 4 is 40.8 Å². The number of piperazine rings is 1. The molecule has 2 heterocycles. The average Bonchev–Trinajstić information content (AvgIpc) is 3.48. The maximum Gasteiger partial charge on any atom is 0.407 e. The maximum absolute atomic E-state index is 14.3. The summed E-state index contributed by atoms with van der Waals surface area (Å²) in [5.74, 6) is -2.34. The zero-order valence-corrected chi connectivity index (χ0v) is 22.5. The summed E-state index contributed by atoms with van der Waals surface area (Å²) in [7, 11) is 2.03. The molecule has 3 fully saturated rings. The second kappa shape index (κ2) is 11.4. The molecule has 2 saturated carbocycles. The molecule has 214 valence electrons. The van der Waals surface area contributed by atoms with Gasteiger partial charge in [-0.15, -0.1) is 0 Å². The molecule has 3 aliphatic rings. The molecule has 0 radical (unpaired) electrons. The van der Waals surface area contributed by atoms with Crippen LogP contribution >= 0.6 is 11.6 Å². The number of hydrogen-bond acceptors (Lipinski definition) is 10. The number of halogens is 2. The molecule has 15 heteroatoms. The van der Waals surface area contributed by atoms with Gasteiger partial charge < -0.3 is 30.9 Å². The molecule has 13 nitrogen and oxygen atoms in total. The molecule has 1 saturated heterocycles. The Hall–Kier alpha value is -3.78. The van der Waals surface area contributed by atoms with Gasteiger partial charge in [0.25, 0.3) is 5.69 Å². The summed E-state index contributed by atoms with van der Waals surface area (Å²) in [4.78, 5) is 47.8. The molecule has 0 spiro atoms. The minimum Gasteiger partial charge on any atom is -0.445 e. The van der Waals surface area contributed by atoms with Gasteiger partial charge in [0.05, 0.1) is 17.0 Å². The highest BCUT2D eigenvalue weighted by Crippen LogP contribution is 2.49. The van der Waals surface area contributed by atoms with E-state index in [0.717, 1.165) is 38.1 Å². The Morgan fingerprint density at radius 1 is 1.27 bits per heavy atom. The van der Waals surface area contributed by atoms with Crippen LogP contribution in [0.15, 0.2) is 24.4 Å². The number of hydrogen-bond donors (Lipinski definition) is 3. The number of nitro groups is 1. The fourth-order valence-electron chi connectivity index (χ4n) is 6.23. The number of nitro benzene ring substituents is 1. The molecule has 5 atom stereocenters. The lowest BCUT2D eigenvalue weighted by atomic mass is 9.81. The van der Waals surface area contributed by atoms with Crippen LogP contribution in [0.2, 0.25) is 5.28 Å². The van der Waals surface area contributed by atoms with Crippen LogP contribution in [0.1, 0.15) is 18.4 Å². The summed E-state index contributed by atoms with van der Waals surface area (Å²) in [6, 6.07) is 3.62. The molecule has 1 aliphatic heterocycles. The normalized spacial score (nSPS) is 26.0. The third kappa shape index (κ3) is 5.72. The fraction of sp³-hybridized carbons (Fsp3) is 0.520. The van der Waals surface area contributed by atoms with E-state index in [4.69, 9.17) is 22.1 Å². The van der Waals surface area contributed by atoms with E-state index >= 15 is 0 Å². The summed E-state index contributed by atoms with van der Waals surface area (Å²) < 4.78 is 19.9. The van der Waals surface area contributed by atoms with E-state index in [1.54, 1.807) is 6.07 Å². The molecule has 0 unspecified atom stereocenters. The highest BCUT2D eigenvalue weighted by molar-refractivity contribution is 6.28. The first-order chi connectivity index (χ1) is 19.1. The largest absolute Gasteiger partial charge is 0.445 e. The van der Waals surface area contributed by atoms with E-state index in [1.807, 2.05) is 7.05 Å². The van der Waals surface area contributed by atoms with Gasteiger partial charge in [-0.1, -0.05) is 0 Å². The fourth-order valence-corrected chi connectivity index (χ4v) is 6.36. The minimum absolute atomic E-state index is 0.0894. The molecule has 40 heavy (non-hydrogen) atoms. The van der Waals surface area contributed by atoms with E-state index in [9.17, 15) is 24.1 Å². The first kappa shape index (κ1) is 27.8. The topological polar surface area (TPSA) is 169 Å². The first-order valence-electron chi connectivity index (χ1n) is 13.0. The lowest BCUT2D eigenvalue weighted by molar-refractivity contribution is -0.384. The number of ether oxygens (including phenoxy) is 1. The van der Waals surface area contributed by atoms with Crippen molar-refractivity contribution < 1.29 is 23.6 Å². The molecular weight excluding hydrogens is 547 g/mol. The molecule has 2 amide bonds. The number of nitrogens with one attached hydrogen (secondary N) is 2. The summed E-state index contributed by atoms with van der Waals surface area (Å²) in [6.45, 7) is 3.01. The SMILES string of the molecule is CN1CCN(c2ccc([N+](=O)[O-])cc2COC(=O)N[C@@H]2C[C@H]3C[C@H]2[C@@H](Nc2nc(Cl)ncc2F)[C@H]3C(N)=O)CC1. The third-order valence-corrected chi connectivity index (χ3v) is 8.31. The summed E-state index contributed by atoms with van der Waals surface area (Å²) in [6.07, 6.45) is 1.33. The van der Waals surface area contributed by atoms with Crippen molar-refractivity contribution in [3.63, 3.8) is 0 Å². The zero-order chi connectivity index (χ0) is 28.6. The van der Waals surface area contributed by atoms with Crippen LogP contribution in [0.25, 0.3) is 0 Å². The number of amides is 2. The van der Waals surface area contributed by atoms with Crippen molar-refractivity contribution in [2.24, 2.45) is 23.5 Å². The second-order valence-corrected chi connectivity index (χ2v) is 10.9. The number of fused-ring (bicyclic) bond motifs is 2. The summed E-state index contributed by atoms with van der Waals surface area (Å²) in [5.41, 5.74) is 6.90. The average molecular weight is 577 g/mol. The number of rotatable bonds is 8. The maximum atomic E-state index is 14.3. The van der Waals surface area contributed by atoms with Gasteiger partial charge in [0.1, 0.15) is 6.61 Å². The number of carbonyl (C=O) groups excluding carboxylic acids is 2. The highest BCUT2D eigenvalue weighted by atomic mass is 35.5. The Bertz CT molecular complexity index is 1310. The predicted molar refractivity (Wildman–Crippen MR) is 143 cm³/mol. The van der Waals surface area contributed by atoms with Gasteiger partial charge in [0.2, 0.25) is 11.2 Å². The van der Waals surface area contributed by atoms with Gasteiger partial charge in [-0.05, 0) is 43.5 Å². The molecule has 2 bridgehead atoms. The Morgan fingerprint density at radius 2 is 2.02 bits per heavy atom. The Labute approximate surface area is 234 Å². The highest BCUT2D eigenvalue weighted by Gasteiger charge is 2.55. The number of anilines is 2. The standard InChI is InChI=1S/C25H30ClFN8O5/c1-33-4-6-34(7-5-33)19-3-2-15(35(38)39)8-14(19)12-40-25(37)30-18-10-13-9-16(18)21(20(13)22(28)36)31-23-17(27)11-29-24(26)32-23/h2-3,8,11,13,16,18,20-21H,4-7,9-10,12H2,1H3,(H2,28,36)(H,30,37)(H,29,31,32)/t13-,16-,18-,20+,21-/m1/s1. The van der Waals surface area contributed by atoms with Crippen LogP contribution in [0.5, 0.6) is 0 Å². The van der Waals surface area contributed by atoms with Crippen LogP contribution in [0, 0.1) is 33.7 Å². The van der Waals surface area contributed by atoms with E-state index < -0.39 is 34.7 Å². The van der Waals surface area contributed by atoms with Crippen LogP contribution in [-0.2, 0) is 16.1 Å². The van der Waals surface area contributed by atoms with E-state index in [2.05, 4.69) is 30.4 Å². The second-order valence-electron chi connectivity index (χ2n) is 10.5. The van der Waals surface area contributed by atoms with Crippen molar-refractivity contribution in [2.45, 2.75) is 31.5 Å². The number of benzene rings is 1. The quantitative estimate of drug-likeness (QED) is 0.240. The van der Waals surface area contributed by atoms with Gasteiger partial charge in [0.15, 0.2) is 11.6 Å². The van der Waals surface area contributed by atoms with Crippen molar-refractivity contribution in [2.75, 3.05) is 43.4 Å². The van der Waals surface area contributed by atoms with Crippen LogP contribution in [0.4, 0.5) is 26.4 Å². The minimum atomic E-state index is -0.729. The summed E-state index contributed by atoms with van der Waals surface area (Å²) in [5, 5.41) is 17.1. The van der Waals surface area contributed by atoms with Crippen molar-refractivity contribution in [3.8, 4) is 0 Å². The van der Waals surface area contributed by atoms with Crippen molar-refractivity contribution in [1.82, 2.24) is 20.2 Å². The molecule has 1 aromatic heterocycles. The monoisotopic (exact) mass is 576 g/mol. The van der Waals surface area contributed by atoms with Gasteiger partial charge in [-0.2, -0.15) is 4.98 Å². The molecule has 1 aromatic carbocycles. The van der Waals surface area contributed by atoms with E-state index in [-0.39, 0.29) is 41.3 Å². The Kier molecular flexibility index (Phi) is 7.90. The van der Waals surface area contributed by atoms with Gasteiger partial charge in [-0.25, -0.2) is 14.2 Å². The Morgan fingerprint density at radius 3 is 2.73 bits per heavy atom. The van der Waals surface area contributed by atoms with Crippen molar-refractivity contribution in [3.05, 3.63) is 51.2 Å². The molecule has 2 aliphatic carbocycles. The molecular formula is C25H30ClFN8O5. The number of non-ortho nitro benzene ring substituents is 1. The van der Waals surface area contributed by atoms with Crippen LogP contribution in [-0.4, -0.2) is 77.1 Å². The lowest BCUT2D eigenvalue weighted by Crippen LogP contribution is -2.51. The van der Waals surface area contributed by atoms with Crippen LogP contribution in [0.3, 0.4) is 0 Å². The number of nitrogens with two attached hydrogens (primary N) is 1. The van der Waals surface area contributed by atoms with E-state index in [0.29, 0.717) is 18.4 Å². The first-order valence-corrected chi connectivity index (χ1v) is 13.4. The zero-order valence-electron chi connectivity index (χ0n) is 21.8. The Balaban J connectivity index is 1.26. The van der Waals surface area contributed by atoms with Crippen molar-refractivity contribution in [1.29, 1.82) is 0 Å². The molecule has 5 rings (SSSR count). The number of aromatic nitrogens is 2.